The van der Waals surface area contributed by atoms with Gasteiger partial charge < -0.3 is 15.8 Å². The van der Waals surface area contributed by atoms with Gasteiger partial charge in [-0.2, -0.15) is 5.10 Å². The van der Waals surface area contributed by atoms with Crippen molar-refractivity contribution in [1.29, 1.82) is 0 Å². The molecular weight excluding hydrogens is 268 g/mol. The summed E-state index contributed by atoms with van der Waals surface area (Å²) in [5, 5.41) is 7.55. The lowest BCUT2D eigenvalue weighted by Crippen LogP contribution is -2.15. The van der Waals surface area contributed by atoms with Gasteiger partial charge in [-0.3, -0.25) is 9.48 Å². The topological polar surface area (TPSA) is 82.2 Å². The molecule has 0 radical (unpaired) electrons. The number of para-hydroxylation sites is 2. The Bertz CT molecular complexity index is 609. The largest absolute Gasteiger partial charge is 0.491 e. The molecule has 3 N–H and O–H groups in total. The van der Waals surface area contributed by atoms with Crippen LogP contribution in [-0.2, 0) is 11.8 Å². The van der Waals surface area contributed by atoms with Gasteiger partial charge in [-0.25, -0.2) is 0 Å². The van der Waals surface area contributed by atoms with Crippen molar-refractivity contribution in [3.8, 4) is 5.75 Å². The molecule has 1 aromatic heterocycles. The van der Waals surface area contributed by atoms with Crippen molar-refractivity contribution in [1.82, 2.24) is 9.78 Å². The Hall–Kier alpha value is -2.50. The highest BCUT2D eigenvalue weighted by Gasteiger charge is 2.11. The summed E-state index contributed by atoms with van der Waals surface area (Å²) in [5.74, 6) is 0.330. The van der Waals surface area contributed by atoms with Crippen LogP contribution in [0.15, 0.2) is 36.5 Å². The minimum atomic E-state index is -0.372. The van der Waals surface area contributed by atoms with E-state index in [1.54, 1.807) is 6.20 Å². The molecule has 0 aliphatic carbocycles. The van der Waals surface area contributed by atoms with Crippen molar-refractivity contribution in [2.75, 3.05) is 11.9 Å². The zero-order chi connectivity index (χ0) is 15.2. The third kappa shape index (κ3) is 3.98. The molecule has 112 valence electrons. The number of ether oxygens (including phenoxy) is 1. The number of primary amides is 1. The SMILES string of the molecule is CC(Nc1ccccc1OCCC(N)=O)c1ccnn1C. The number of aromatic nitrogens is 2. The summed E-state index contributed by atoms with van der Waals surface area (Å²) in [7, 11) is 1.91. The lowest BCUT2D eigenvalue weighted by Gasteiger charge is -2.18. The van der Waals surface area contributed by atoms with Gasteiger partial charge in [0.25, 0.3) is 0 Å². The maximum atomic E-state index is 10.8. The second kappa shape index (κ2) is 6.78. The van der Waals surface area contributed by atoms with Crippen LogP contribution in [0.1, 0.15) is 25.1 Å². The molecule has 6 nitrogen and oxygen atoms in total. The first-order valence-electron chi connectivity index (χ1n) is 6.82. The van der Waals surface area contributed by atoms with E-state index < -0.39 is 0 Å². The van der Waals surface area contributed by atoms with Gasteiger partial charge in [-0.15, -0.1) is 0 Å². The number of aryl methyl sites for hydroxylation is 1. The first-order chi connectivity index (χ1) is 10.1. The van der Waals surface area contributed by atoms with Gasteiger partial charge in [0.05, 0.1) is 30.5 Å². The minimum Gasteiger partial charge on any atom is -0.491 e. The van der Waals surface area contributed by atoms with Crippen LogP contribution in [0.5, 0.6) is 5.75 Å². The average molecular weight is 288 g/mol. The van der Waals surface area contributed by atoms with Crippen molar-refractivity contribution >= 4 is 11.6 Å². The number of carbonyl (C=O) groups is 1. The van der Waals surface area contributed by atoms with E-state index in [1.807, 2.05) is 42.1 Å². The molecule has 0 aliphatic heterocycles. The number of hydrogen-bond acceptors (Lipinski definition) is 4. The highest BCUT2D eigenvalue weighted by molar-refractivity contribution is 5.73. The third-order valence-electron chi connectivity index (χ3n) is 3.17. The molecule has 0 bridgehead atoms. The Morgan fingerprint density at radius 3 is 2.86 bits per heavy atom. The number of carbonyl (C=O) groups excluding carboxylic acids is 1. The van der Waals surface area contributed by atoms with E-state index in [2.05, 4.69) is 17.3 Å². The molecule has 0 spiro atoms. The van der Waals surface area contributed by atoms with Crippen molar-refractivity contribution in [3.63, 3.8) is 0 Å². The molecular formula is C15H20N4O2. The van der Waals surface area contributed by atoms with Crippen LogP contribution in [0.25, 0.3) is 0 Å². The second-order valence-corrected chi connectivity index (χ2v) is 4.81. The predicted octanol–water partition coefficient (Wildman–Crippen LogP) is 1.85. The lowest BCUT2D eigenvalue weighted by atomic mass is 10.2. The summed E-state index contributed by atoms with van der Waals surface area (Å²) < 4.78 is 7.44. The van der Waals surface area contributed by atoms with Gasteiger partial charge >= 0.3 is 0 Å². The van der Waals surface area contributed by atoms with E-state index in [4.69, 9.17) is 10.5 Å². The average Bonchev–Trinajstić information content (AvgIpc) is 2.86. The molecule has 2 aromatic rings. The highest BCUT2D eigenvalue weighted by Crippen LogP contribution is 2.27. The molecule has 0 aliphatic rings. The fraction of sp³-hybridized carbons (Fsp3) is 0.333. The van der Waals surface area contributed by atoms with E-state index >= 15 is 0 Å². The molecule has 0 fully saturated rings. The lowest BCUT2D eigenvalue weighted by molar-refractivity contribution is -0.118. The summed E-state index contributed by atoms with van der Waals surface area (Å²) in [6.07, 6.45) is 1.97. The Morgan fingerprint density at radius 2 is 2.19 bits per heavy atom. The second-order valence-electron chi connectivity index (χ2n) is 4.81. The van der Waals surface area contributed by atoms with Gasteiger partial charge in [-0.1, -0.05) is 12.1 Å². The smallest absolute Gasteiger partial charge is 0.220 e. The highest BCUT2D eigenvalue weighted by atomic mass is 16.5. The maximum Gasteiger partial charge on any atom is 0.220 e. The maximum absolute atomic E-state index is 10.8. The zero-order valence-electron chi connectivity index (χ0n) is 12.2. The first-order valence-corrected chi connectivity index (χ1v) is 6.82. The Morgan fingerprint density at radius 1 is 1.43 bits per heavy atom. The molecule has 1 amide bonds. The van der Waals surface area contributed by atoms with Crippen LogP contribution in [0.2, 0.25) is 0 Å². The van der Waals surface area contributed by atoms with Crippen LogP contribution in [0, 0.1) is 0 Å². The third-order valence-corrected chi connectivity index (χ3v) is 3.17. The molecule has 1 heterocycles. The molecule has 1 atom stereocenters. The number of hydrogen-bond donors (Lipinski definition) is 2. The predicted molar refractivity (Wildman–Crippen MR) is 81.0 cm³/mol. The van der Waals surface area contributed by atoms with Crippen molar-refractivity contribution < 1.29 is 9.53 Å². The van der Waals surface area contributed by atoms with E-state index in [1.165, 1.54) is 0 Å². The van der Waals surface area contributed by atoms with Gasteiger partial charge in [0, 0.05) is 13.2 Å². The van der Waals surface area contributed by atoms with E-state index in [9.17, 15) is 4.79 Å². The normalized spacial score (nSPS) is 11.9. The number of benzene rings is 1. The molecule has 2 rings (SSSR count). The molecule has 0 saturated carbocycles. The fourth-order valence-corrected chi connectivity index (χ4v) is 2.09. The molecule has 1 aromatic carbocycles. The van der Waals surface area contributed by atoms with Crippen LogP contribution in [0.3, 0.4) is 0 Å². The van der Waals surface area contributed by atoms with E-state index in [0.29, 0.717) is 5.75 Å². The van der Waals surface area contributed by atoms with Crippen molar-refractivity contribution in [3.05, 3.63) is 42.2 Å². The number of rotatable bonds is 7. The van der Waals surface area contributed by atoms with Gasteiger partial charge in [0.1, 0.15) is 5.75 Å². The zero-order valence-corrected chi connectivity index (χ0v) is 12.2. The van der Waals surface area contributed by atoms with Crippen LogP contribution >= 0.6 is 0 Å². The van der Waals surface area contributed by atoms with Gasteiger partial charge in [0.15, 0.2) is 0 Å². The number of amides is 1. The number of nitrogens with zero attached hydrogens (tertiary/aromatic N) is 2. The monoisotopic (exact) mass is 288 g/mol. The van der Waals surface area contributed by atoms with Crippen molar-refractivity contribution in [2.45, 2.75) is 19.4 Å². The molecule has 6 heteroatoms. The molecule has 0 saturated heterocycles. The van der Waals surface area contributed by atoms with Crippen LogP contribution < -0.4 is 15.8 Å². The summed E-state index contributed by atoms with van der Waals surface area (Å²) in [4.78, 5) is 10.8. The molecule has 1 unspecified atom stereocenters. The Labute approximate surface area is 123 Å². The van der Waals surface area contributed by atoms with Crippen LogP contribution in [0.4, 0.5) is 5.69 Å². The van der Waals surface area contributed by atoms with Gasteiger partial charge in [-0.05, 0) is 25.1 Å². The summed E-state index contributed by atoms with van der Waals surface area (Å²) >= 11 is 0. The molecule has 21 heavy (non-hydrogen) atoms. The van der Waals surface area contributed by atoms with E-state index in [-0.39, 0.29) is 25.0 Å². The number of nitrogens with two attached hydrogens (primary N) is 1. The van der Waals surface area contributed by atoms with Crippen LogP contribution in [-0.4, -0.2) is 22.3 Å². The fourth-order valence-electron chi connectivity index (χ4n) is 2.09. The number of anilines is 1. The van der Waals surface area contributed by atoms with Gasteiger partial charge in [0.2, 0.25) is 5.91 Å². The standard InChI is InChI=1S/C15H20N4O2/c1-11(13-7-9-17-19(13)2)18-12-5-3-4-6-14(12)21-10-8-15(16)20/h3-7,9,11,18H,8,10H2,1-2H3,(H2,16,20). The number of nitrogens with one attached hydrogen (secondary N) is 1. The Balaban J connectivity index is 2.06. The van der Waals surface area contributed by atoms with Crippen molar-refractivity contribution in [2.24, 2.45) is 12.8 Å². The summed E-state index contributed by atoms with van der Waals surface area (Å²) in [6, 6.07) is 9.66. The Kier molecular flexibility index (Phi) is 4.81. The summed E-state index contributed by atoms with van der Waals surface area (Å²) in [5.41, 5.74) is 7.05. The first kappa shape index (κ1) is 14.9. The van der Waals surface area contributed by atoms with E-state index in [0.717, 1.165) is 11.4 Å². The summed E-state index contributed by atoms with van der Waals surface area (Å²) in [6.45, 7) is 2.32. The quantitative estimate of drug-likeness (QED) is 0.814. The minimum absolute atomic E-state index is 0.0818.